The Morgan fingerprint density at radius 2 is 1.42 bits per heavy atom. The molecule has 4 N–H and O–H groups in total. The number of carbonyl (C=O) groups is 3. The summed E-state index contributed by atoms with van der Waals surface area (Å²) < 4.78 is 5.77. The van der Waals surface area contributed by atoms with Gasteiger partial charge in [-0.15, -0.1) is 0 Å². The lowest BCUT2D eigenvalue weighted by atomic mass is 9.96. The Morgan fingerprint density at radius 1 is 0.848 bits per heavy atom. The van der Waals surface area contributed by atoms with E-state index in [1.54, 1.807) is 24.3 Å². The van der Waals surface area contributed by atoms with E-state index in [0.717, 1.165) is 11.8 Å². The molecule has 0 aliphatic carbocycles. The Kier molecular flexibility index (Phi) is 7.39. The highest BCUT2D eigenvalue weighted by Crippen LogP contribution is 2.25. The van der Waals surface area contributed by atoms with Crippen LogP contribution in [0.3, 0.4) is 0 Å². The summed E-state index contributed by atoms with van der Waals surface area (Å²) in [6.45, 7) is 0.775. The molecule has 0 bridgehead atoms. The van der Waals surface area contributed by atoms with Gasteiger partial charge in [0.1, 0.15) is 18.1 Å². The molecule has 9 nitrogen and oxygen atoms in total. The fourth-order valence-corrected chi connectivity index (χ4v) is 3.14. The highest BCUT2D eigenvalue weighted by molar-refractivity contribution is 6.10. The molecular weight excluding hydrogens is 428 g/mol. The SMILES string of the molecule is CNc1ccc(Oc2ccc(NC(=O)c3cc(C(C)=O)c(C(=O)O)cc3COO)cc2)cc1. The minimum absolute atomic E-state index is 0.00389. The number of carbonyl (C=O) groups excluding carboxylic acids is 2. The molecule has 170 valence electrons. The first-order valence-corrected chi connectivity index (χ1v) is 9.87. The molecular formula is C24H22N2O7. The maximum absolute atomic E-state index is 12.9. The van der Waals surface area contributed by atoms with Crippen LogP contribution in [0, 0.1) is 0 Å². The molecule has 3 aromatic rings. The van der Waals surface area contributed by atoms with Gasteiger partial charge in [-0.1, -0.05) is 0 Å². The van der Waals surface area contributed by atoms with Gasteiger partial charge in [0.2, 0.25) is 0 Å². The molecule has 1 amide bonds. The minimum Gasteiger partial charge on any atom is -0.478 e. The van der Waals surface area contributed by atoms with E-state index in [4.69, 9.17) is 9.99 Å². The molecule has 0 aliphatic rings. The van der Waals surface area contributed by atoms with E-state index in [2.05, 4.69) is 15.5 Å². The monoisotopic (exact) mass is 450 g/mol. The predicted octanol–water partition coefficient (Wildman–Crippen LogP) is 4.66. The highest BCUT2D eigenvalue weighted by atomic mass is 17.1. The highest BCUT2D eigenvalue weighted by Gasteiger charge is 2.21. The summed E-state index contributed by atoms with van der Waals surface area (Å²) in [6.07, 6.45) is 0. The molecule has 0 aromatic heterocycles. The summed E-state index contributed by atoms with van der Waals surface area (Å²) in [7, 11) is 1.82. The molecule has 3 aromatic carbocycles. The number of rotatable bonds is 9. The van der Waals surface area contributed by atoms with Crippen LogP contribution < -0.4 is 15.4 Å². The lowest BCUT2D eigenvalue weighted by Crippen LogP contribution is -2.18. The fourth-order valence-electron chi connectivity index (χ4n) is 3.14. The number of aromatic carboxylic acids is 1. The number of anilines is 2. The molecule has 0 unspecified atom stereocenters. The number of hydrogen-bond acceptors (Lipinski definition) is 7. The quantitative estimate of drug-likeness (QED) is 0.210. The van der Waals surface area contributed by atoms with Gasteiger partial charge in [-0.3, -0.25) is 14.8 Å². The number of amides is 1. The zero-order valence-electron chi connectivity index (χ0n) is 17.9. The van der Waals surface area contributed by atoms with E-state index < -0.39 is 24.3 Å². The maximum atomic E-state index is 12.9. The molecule has 0 aliphatic heterocycles. The van der Waals surface area contributed by atoms with Gasteiger partial charge in [-0.05, 0) is 73.2 Å². The fraction of sp³-hybridized carbons (Fsp3) is 0.125. The van der Waals surface area contributed by atoms with Crippen molar-refractivity contribution < 1.29 is 34.4 Å². The van der Waals surface area contributed by atoms with Crippen molar-refractivity contribution in [3.63, 3.8) is 0 Å². The molecule has 0 fully saturated rings. The van der Waals surface area contributed by atoms with Gasteiger partial charge in [0.25, 0.3) is 5.91 Å². The van der Waals surface area contributed by atoms with E-state index in [1.807, 2.05) is 31.3 Å². The Hall–Kier alpha value is -4.21. The number of benzene rings is 3. The largest absolute Gasteiger partial charge is 0.478 e. The third-order valence-corrected chi connectivity index (χ3v) is 4.81. The van der Waals surface area contributed by atoms with E-state index in [9.17, 15) is 19.5 Å². The lowest BCUT2D eigenvalue weighted by molar-refractivity contribution is -0.253. The molecule has 3 rings (SSSR count). The lowest BCUT2D eigenvalue weighted by Gasteiger charge is -2.13. The molecule has 0 spiro atoms. The van der Waals surface area contributed by atoms with Crippen LogP contribution in [0.1, 0.15) is 43.6 Å². The van der Waals surface area contributed by atoms with Crippen LogP contribution in [0.25, 0.3) is 0 Å². The first kappa shape index (κ1) is 23.5. The van der Waals surface area contributed by atoms with Gasteiger partial charge in [0.15, 0.2) is 5.78 Å². The van der Waals surface area contributed by atoms with Crippen LogP contribution in [0.15, 0.2) is 60.7 Å². The molecule has 33 heavy (non-hydrogen) atoms. The topological polar surface area (TPSA) is 134 Å². The zero-order chi connectivity index (χ0) is 24.0. The number of ketones is 1. The Balaban J connectivity index is 1.80. The average molecular weight is 450 g/mol. The summed E-state index contributed by atoms with van der Waals surface area (Å²) >= 11 is 0. The van der Waals surface area contributed by atoms with Crippen molar-refractivity contribution in [2.45, 2.75) is 13.5 Å². The van der Waals surface area contributed by atoms with Gasteiger partial charge in [-0.2, -0.15) is 0 Å². The van der Waals surface area contributed by atoms with Gasteiger partial charge in [-0.25, -0.2) is 9.68 Å². The van der Waals surface area contributed by atoms with Crippen LogP contribution >= 0.6 is 0 Å². The van der Waals surface area contributed by atoms with Gasteiger partial charge >= 0.3 is 5.97 Å². The summed E-state index contributed by atoms with van der Waals surface area (Å²) in [5.74, 6) is -1.23. The van der Waals surface area contributed by atoms with Crippen molar-refractivity contribution in [1.29, 1.82) is 0 Å². The van der Waals surface area contributed by atoms with Crippen LogP contribution in [-0.4, -0.2) is 35.1 Å². The second-order valence-electron chi connectivity index (χ2n) is 7.04. The number of carboxylic acids is 1. The summed E-state index contributed by atoms with van der Waals surface area (Å²) in [5, 5.41) is 23.9. The third-order valence-electron chi connectivity index (χ3n) is 4.81. The second-order valence-corrected chi connectivity index (χ2v) is 7.04. The van der Waals surface area contributed by atoms with Gasteiger partial charge < -0.3 is 20.5 Å². The molecule has 0 radical (unpaired) electrons. The number of Topliss-reactive ketones (excluding diaryl/α,β-unsaturated/α-hetero) is 1. The molecule has 0 saturated carbocycles. The van der Waals surface area contributed by atoms with Gasteiger partial charge in [0, 0.05) is 29.5 Å². The van der Waals surface area contributed by atoms with Crippen LogP contribution in [0.5, 0.6) is 11.5 Å². The van der Waals surface area contributed by atoms with Crippen molar-refractivity contribution in [3.05, 3.63) is 82.9 Å². The smallest absolute Gasteiger partial charge is 0.336 e. The number of hydrogen-bond donors (Lipinski definition) is 4. The van der Waals surface area contributed by atoms with Crippen LogP contribution in [-0.2, 0) is 11.5 Å². The van der Waals surface area contributed by atoms with Crippen LogP contribution in [0.2, 0.25) is 0 Å². The normalized spacial score (nSPS) is 10.4. The summed E-state index contributed by atoms with van der Waals surface area (Å²) in [5.41, 5.74) is 1.11. The molecule has 9 heteroatoms. The summed E-state index contributed by atoms with van der Waals surface area (Å²) in [4.78, 5) is 40.4. The average Bonchev–Trinajstić information content (AvgIpc) is 2.80. The van der Waals surface area contributed by atoms with E-state index in [-0.39, 0.29) is 22.3 Å². The molecule has 0 atom stereocenters. The number of nitrogens with one attached hydrogen (secondary N) is 2. The standard InChI is InChI=1S/C24H22N2O7/c1-14(27)20-12-21(15(13-32-31)11-22(20)24(29)30)23(28)26-17-5-9-19(10-6-17)33-18-7-3-16(25-2)4-8-18/h3-12,25,31H,13H2,1-2H3,(H,26,28)(H,29,30). The van der Waals surface area contributed by atoms with Gasteiger partial charge in [0.05, 0.1) is 5.56 Å². The van der Waals surface area contributed by atoms with Crippen molar-refractivity contribution >= 4 is 29.0 Å². The molecule has 0 heterocycles. The van der Waals surface area contributed by atoms with Crippen LogP contribution in [0.4, 0.5) is 11.4 Å². The Morgan fingerprint density at radius 3 is 1.91 bits per heavy atom. The van der Waals surface area contributed by atoms with Crippen molar-refractivity contribution in [1.82, 2.24) is 0 Å². The Bertz CT molecular complexity index is 1170. The first-order chi connectivity index (χ1) is 15.8. The third kappa shape index (κ3) is 5.73. The number of ether oxygens (including phenoxy) is 1. The first-order valence-electron chi connectivity index (χ1n) is 9.87. The predicted molar refractivity (Wildman–Crippen MR) is 121 cm³/mol. The number of carboxylic acid groups (broad SMARTS) is 1. The van der Waals surface area contributed by atoms with E-state index in [0.29, 0.717) is 17.2 Å². The second kappa shape index (κ2) is 10.4. The van der Waals surface area contributed by atoms with Crippen molar-refractivity contribution in [3.8, 4) is 11.5 Å². The van der Waals surface area contributed by atoms with Crippen molar-refractivity contribution in [2.24, 2.45) is 0 Å². The zero-order valence-corrected chi connectivity index (χ0v) is 17.9. The Labute approximate surface area is 189 Å². The maximum Gasteiger partial charge on any atom is 0.336 e. The van der Waals surface area contributed by atoms with E-state index in [1.165, 1.54) is 13.0 Å². The summed E-state index contributed by atoms with van der Waals surface area (Å²) in [6, 6.07) is 16.3. The minimum atomic E-state index is -1.33. The van der Waals surface area contributed by atoms with Crippen molar-refractivity contribution in [2.75, 3.05) is 17.7 Å². The molecule has 0 saturated heterocycles. The van der Waals surface area contributed by atoms with E-state index >= 15 is 0 Å².